The lowest BCUT2D eigenvalue weighted by Crippen LogP contribution is -2.59. The predicted molar refractivity (Wildman–Crippen MR) is 95.9 cm³/mol. The van der Waals surface area contributed by atoms with E-state index in [9.17, 15) is 9.90 Å². The number of rotatable bonds is 3. The zero-order chi connectivity index (χ0) is 18.7. The van der Waals surface area contributed by atoms with Crippen LogP contribution in [0.5, 0.6) is 5.75 Å². The zero-order valence-electron chi connectivity index (χ0n) is 15.1. The molecule has 8 heteroatoms. The first-order valence-electron chi connectivity index (χ1n) is 8.62. The number of nitrogens with zero attached hydrogens (tertiary/aromatic N) is 5. The number of carbonyl (C=O) groups is 1. The molecule has 3 heterocycles. The van der Waals surface area contributed by atoms with Crippen molar-refractivity contribution in [3.8, 4) is 5.75 Å². The minimum absolute atomic E-state index is 0.0621. The number of aliphatic hydroxyl groups excluding tert-OH is 1. The maximum Gasteiger partial charge on any atom is 0.415 e. The Morgan fingerprint density at radius 2 is 2.00 bits per heavy atom. The van der Waals surface area contributed by atoms with Gasteiger partial charge in [0.05, 0.1) is 18.3 Å². The van der Waals surface area contributed by atoms with Gasteiger partial charge in [-0.3, -0.25) is 9.88 Å². The molecule has 0 saturated carbocycles. The van der Waals surface area contributed by atoms with Crippen molar-refractivity contribution in [2.75, 3.05) is 18.0 Å². The van der Waals surface area contributed by atoms with Crippen molar-refractivity contribution < 1.29 is 14.6 Å². The number of anilines is 1. The molecule has 1 N–H and O–H groups in total. The van der Waals surface area contributed by atoms with Crippen LogP contribution in [0.4, 0.5) is 10.6 Å². The SMILES string of the molecule is CC(O)c1nccc(N2CC(C)N(C(=O)Oc3cccnc3)C(C)C2)n1. The third-order valence-electron chi connectivity index (χ3n) is 4.33. The van der Waals surface area contributed by atoms with E-state index < -0.39 is 6.10 Å². The highest BCUT2D eigenvalue weighted by atomic mass is 16.6. The van der Waals surface area contributed by atoms with Gasteiger partial charge in [-0.05, 0) is 39.0 Å². The van der Waals surface area contributed by atoms with Crippen molar-refractivity contribution in [3.63, 3.8) is 0 Å². The number of pyridine rings is 1. The van der Waals surface area contributed by atoms with Crippen LogP contribution in [0.1, 0.15) is 32.7 Å². The van der Waals surface area contributed by atoms with Crippen molar-refractivity contribution in [2.24, 2.45) is 0 Å². The summed E-state index contributed by atoms with van der Waals surface area (Å²) in [7, 11) is 0. The molecule has 3 unspecified atom stereocenters. The van der Waals surface area contributed by atoms with Crippen molar-refractivity contribution in [2.45, 2.75) is 39.0 Å². The fourth-order valence-electron chi connectivity index (χ4n) is 3.17. The molecular formula is C18H23N5O3. The Morgan fingerprint density at radius 3 is 2.62 bits per heavy atom. The number of hydrogen-bond acceptors (Lipinski definition) is 7. The molecule has 26 heavy (non-hydrogen) atoms. The van der Waals surface area contributed by atoms with Gasteiger partial charge >= 0.3 is 6.09 Å². The first-order valence-corrected chi connectivity index (χ1v) is 8.62. The molecule has 1 aliphatic heterocycles. The highest BCUT2D eigenvalue weighted by molar-refractivity contribution is 5.72. The van der Waals surface area contributed by atoms with E-state index in [1.165, 1.54) is 6.20 Å². The highest BCUT2D eigenvalue weighted by Crippen LogP contribution is 2.23. The topological polar surface area (TPSA) is 91.7 Å². The predicted octanol–water partition coefficient (Wildman–Crippen LogP) is 2.02. The second-order valence-corrected chi connectivity index (χ2v) is 6.52. The lowest BCUT2D eigenvalue weighted by atomic mass is 10.1. The fourth-order valence-corrected chi connectivity index (χ4v) is 3.17. The van der Waals surface area contributed by atoms with E-state index in [-0.39, 0.29) is 18.2 Å². The van der Waals surface area contributed by atoms with Crippen LogP contribution in [-0.2, 0) is 0 Å². The van der Waals surface area contributed by atoms with Crippen molar-refractivity contribution >= 4 is 11.9 Å². The zero-order valence-corrected chi connectivity index (χ0v) is 15.1. The van der Waals surface area contributed by atoms with Gasteiger partial charge in [-0.1, -0.05) is 0 Å². The van der Waals surface area contributed by atoms with E-state index in [0.717, 1.165) is 5.82 Å². The third-order valence-corrected chi connectivity index (χ3v) is 4.33. The van der Waals surface area contributed by atoms with Gasteiger partial charge < -0.3 is 14.7 Å². The molecule has 0 radical (unpaired) electrons. The summed E-state index contributed by atoms with van der Waals surface area (Å²) in [6.45, 7) is 6.82. The van der Waals surface area contributed by atoms with Crippen LogP contribution in [0.2, 0.25) is 0 Å². The molecule has 2 aromatic rings. The summed E-state index contributed by atoms with van der Waals surface area (Å²) < 4.78 is 5.43. The summed E-state index contributed by atoms with van der Waals surface area (Å²) in [5.41, 5.74) is 0. The minimum atomic E-state index is -0.722. The van der Waals surface area contributed by atoms with Gasteiger partial charge in [0.15, 0.2) is 11.6 Å². The van der Waals surface area contributed by atoms with Gasteiger partial charge in [-0.2, -0.15) is 0 Å². The Kier molecular flexibility index (Phi) is 5.32. The summed E-state index contributed by atoms with van der Waals surface area (Å²) in [5.74, 6) is 1.56. The monoisotopic (exact) mass is 357 g/mol. The highest BCUT2D eigenvalue weighted by Gasteiger charge is 2.34. The molecule has 1 fully saturated rings. The van der Waals surface area contributed by atoms with Crippen molar-refractivity contribution in [1.82, 2.24) is 19.9 Å². The van der Waals surface area contributed by atoms with Crippen LogP contribution in [0.25, 0.3) is 0 Å². The molecule has 0 bridgehead atoms. The Labute approximate surface area is 152 Å². The summed E-state index contributed by atoms with van der Waals surface area (Å²) in [4.78, 5) is 28.9. The fraction of sp³-hybridized carbons (Fsp3) is 0.444. The normalized spacial score (nSPS) is 21.4. The molecule has 3 atom stereocenters. The number of amides is 1. The second kappa shape index (κ2) is 7.65. The largest absolute Gasteiger partial charge is 0.415 e. The molecule has 3 rings (SSSR count). The van der Waals surface area contributed by atoms with Crippen LogP contribution in [0.15, 0.2) is 36.8 Å². The Hall–Kier alpha value is -2.74. The average molecular weight is 357 g/mol. The first kappa shape index (κ1) is 18.1. The smallest absolute Gasteiger partial charge is 0.409 e. The van der Waals surface area contributed by atoms with Gasteiger partial charge in [0.2, 0.25) is 0 Å². The van der Waals surface area contributed by atoms with Crippen LogP contribution >= 0.6 is 0 Å². The number of piperazine rings is 1. The van der Waals surface area contributed by atoms with Crippen LogP contribution < -0.4 is 9.64 Å². The Balaban J connectivity index is 1.71. The number of ether oxygens (including phenoxy) is 1. The van der Waals surface area contributed by atoms with E-state index in [1.54, 1.807) is 36.4 Å². The lowest BCUT2D eigenvalue weighted by molar-refractivity contribution is 0.104. The molecule has 0 aliphatic carbocycles. The maximum atomic E-state index is 12.6. The Morgan fingerprint density at radius 1 is 1.27 bits per heavy atom. The maximum absolute atomic E-state index is 12.6. The lowest BCUT2D eigenvalue weighted by Gasteiger charge is -2.44. The summed E-state index contributed by atoms with van der Waals surface area (Å²) >= 11 is 0. The van der Waals surface area contributed by atoms with Crippen LogP contribution in [-0.4, -0.2) is 56.2 Å². The molecular weight excluding hydrogens is 334 g/mol. The molecule has 2 aromatic heterocycles. The van der Waals surface area contributed by atoms with Crippen molar-refractivity contribution in [1.29, 1.82) is 0 Å². The van der Waals surface area contributed by atoms with Gasteiger partial charge in [-0.15, -0.1) is 0 Å². The molecule has 1 saturated heterocycles. The van der Waals surface area contributed by atoms with E-state index in [4.69, 9.17) is 4.74 Å². The number of aromatic nitrogens is 3. The summed E-state index contributed by atoms with van der Waals surface area (Å²) in [6, 6.07) is 5.12. The van der Waals surface area contributed by atoms with Crippen molar-refractivity contribution in [3.05, 3.63) is 42.6 Å². The average Bonchev–Trinajstić information content (AvgIpc) is 2.62. The van der Waals surface area contributed by atoms with E-state index >= 15 is 0 Å². The third kappa shape index (κ3) is 3.91. The standard InChI is InChI=1S/C18H23N5O3/c1-12-10-22(16-6-8-20-17(21-16)14(3)24)11-13(2)23(12)18(25)26-15-5-4-7-19-9-15/h4-9,12-14,24H,10-11H2,1-3H3. The van der Waals surface area contributed by atoms with Gasteiger partial charge in [-0.25, -0.2) is 14.8 Å². The molecule has 0 spiro atoms. The first-order chi connectivity index (χ1) is 12.5. The van der Waals surface area contributed by atoms with E-state index in [1.807, 2.05) is 19.9 Å². The molecule has 1 amide bonds. The molecule has 8 nitrogen and oxygen atoms in total. The van der Waals surface area contributed by atoms with Crippen LogP contribution in [0.3, 0.4) is 0 Å². The summed E-state index contributed by atoms with van der Waals surface area (Å²) in [6.07, 6.45) is 3.68. The van der Waals surface area contributed by atoms with Gasteiger partial charge in [0.1, 0.15) is 11.9 Å². The van der Waals surface area contributed by atoms with Gasteiger partial charge in [0, 0.05) is 25.5 Å². The van der Waals surface area contributed by atoms with Crippen LogP contribution in [0, 0.1) is 0 Å². The van der Waals surface area contributed by atoms with E-state index in [0.29, 0.717) is 24.7 Å². The molecule has 138 valence electrons. The number of aliphatic hydroxyl groups is 1. The molecule has 1 aliphatic rings. The van der Waals surface area contributed by atoms with Gasteiger partial charge in [0.25, 0.3) is 0 Å². The quantitative estimate of drug-likeness (QED) is 0.898. The minimum Gasteiger partial charge on any atom is -0.409 e. The number of carbonyl (C=O) groups excluding carboxylic acids is 1. The second-order valence-electron chi connectivity index (χ2n) is 6.52. The summed E-state index contributed by atoms with van der Waals surface area (Å²) in [5, 5.41) is 9.69. The number of hydrogen-bond donors (Lipinski definition) is 1. The Bertz CT molecular complexity index is 744. The molecule has 0 aromatic carbocycles. The van der Waals surface area contributed by atoms with E-state index in [2.05, 4.69) is 19.9 Å².